The average molecular weight is 314 g/mol. The molecule has 0 atom stereocenters. The second kappa shape index (κ2) is 7.08. The molecule has 0 spiro atoms. The summed E-state index contributed by atoms with van der Waals surface area (Å²) >= 11 is 6.29. The molecule has 0 aliphatic rings. The van der Waals surface area contributed by atoms with Crippen LogP contribution in [0.4, 0.5) is 0 Å². The summed E-state index contributed by atoms with van der Waals surface area (Å²) in [5, 5.41) is 4.20. The highest BCUT2D eigenvalue weighted by molar-refractivity contribution is 6.74. The zero-order valence-electron chi connectivity index (χ0n) is 13.6. The van der Waals surface area contributed by atoms with E-state index in [-0.39, 0.29) is 5.04 Å². The molecular weight excluding hydrogens is 286 g/mol. The number of benzene rings is 1. The lowest BCUT2D eigenvalue weighted by Gasteiger charge is -2.36. The summed E-state index contributed by atoms with van der Waals surface area (Å²) in [5.74, 6) is 0. The highest BCUT2D eigenvalue weighted by Gasteiger charge is 2.37. The van der Waals surface area contributed by atoms with Gasteiger partial charge >= 0.3 is 0 Å². The van der Waals surface area contributed by atoms with Crippen LogP contribution in [0.25, 0.3) is 0 Å². The van der Waals surface area contributed by atoms with E-state index in [0.717, 1.165) is 23.6 Å². The Bertz CT molecular complexity index is 441. The standard InChI is InChI=1S/C16H28ClNOSi/c1-16(2,3)20(5,6)19-12-14-11-13(9-10-18-4)7-8-15(14)17/h7-8,11,18H,9-10,12H2,1-6H3. The second-order valence-corrected chi connectivity index (χ2v) is 12.0. The lowest BCUT2D eigenvalue weighted by molar-refractivity contribution is 0.276. The molecule has 0 heterocycles. The first kappa shape index (κ1) is 17.7. The Hall–Kier alpha value is -0.353. The molecule has 0 saturated carbocycles. The van der Waals surface area contributed by atoms with Gasteiger partial charge in [-0.05, 0) is 55.3 Å². The minimum absolute atomic E-state index is 0.225. The summed E-state index contributed by atoms with van der Waals surface area (Å²) in [6, 6.07) is 6.25. The van der Waals surface area contributed by atoms with Crippen LogP contribution >= 0.6 is 11.6 Å². The maximum Gasteiger partial charge on any atom is 0.192 e. The molecule has 0 aliphatic heterocycles. The lowest BCUT2D eigenvalue weighted by Crippen LogP contribution is -2.40. The first-order valence-corrected chi connectivity index (χ1v) is 10.5. The van der Waals surface area contributed by atoms with Crippen LogP contribution in [0.15, 0.2) is 18.2 Å². The Morgan fingerprint density at radius 2 is 1.90 bits per heavy atom. The van der Waals surface area contributed by atoms with Gasteiger partial charge in [-0.1, -0.05) is 44.5 Å². The van der Waals surface area contributed by atoms with E-state index in [0.29, 0.717) is 6.61 Å². The fourth-order valence-corrected chi connectivity index (χ4v) is 2.76. The fourth-order valence-electron chi connectivity index (χ4n) is 1.64. The van der Waals surface area contributed by atoms with Gasteiger partial charge in [-0.3, -0.25) is 0 Å². The number of likely N-dealkylation sites (N-methyl/N-ethyl adjacent to an activating group) is 1. The van der Waals surface area contributed by atoms with Crippen LogP contribution in [0.1, 0.15) is 31.9 Å². The summed E-state index contributed by atoms with van der Waals surface area (Å²) in [6.45, 7) is 12.9. The highest BCUT2D eigenvalue weighted by atomic mass is 35.5. The van der Waals surface area contributed by atoms with E-state index in [1.165, 1.54) is 5.56 Å². The van der Waals surface area contributed by atoms with Crippen molar-refractivity contribution in [1.82, 2.24) is 5.32 Å². The summed E-state index contributed by atoms with van der Waals surface area (Å²) in [4.78, 5) is 0. The first-order valence-electron chi connectivity index (χ1n) is 7.23. The van der Waals surface area contributed by atoms with Crippen LogP contribution in [-0.2, 0) is 17.5 Å². The van der Waals surface area contributed by atoms with Gasteiger partial charge in [0.2, 0.25) is 0 Å². The molecule has 4 heteroatoms. The van der Waals surface area contributed by atoms with Crippen molar-refractivity contribution >= 4 is 19.9 Å². The van der Waals surface area contributed by atoms with Gasteiger partial charge in [0.25, 0.3) is 0 Å². The van der Waals surface area contributed by atoms with Crippen LogP contribution in [0, 0.1) is 0 Å². The molecule has 0 fully saturated rings. The van der Waals surface area contributed by atoms with Gasteiger partial charge in [-0.15, -0.1) is 0 Å². The molecular formula is C16H28ClNOSi. The zero-order chi connectivity index (χ0) is 15.4. The normalized spacial score (nSPS) is 12.8. The maximum atomic E-state index is 6.29. The third-order valence-corrected chi connectivity index (χ3v) is 9.02. The number of rotatable bonds is 6. The molecule has 1 rings (SSSR count). The number of nitrogens with one attached hydrogen (secondary N) is 1. The molecule has 1 N–H and O–H groups in total. The summed E-state index contributed by atoms with van der Waals surface area (Å²) in [7, 11) is 0.245. The third-order valence-electron chi connectivity index (χ3n) is 4.17. The molecule has 0 unspecified atom stereocenters. The minimum atomic E-state index is -1.72. The van der Waals surface area contributed by atoms with E-state index in [4.69, 9.17) is 16.0 Å². The van der Waals surface area contributed by atoms with E-state index in [2.05, 4.69) is 51.3 Å². The summed E-state index contributed by atoms with van der Waals surface area (Å²) in [6.07, 6.45) is 1.01. The summed E-state index contributed by atoms with van der Waals surface area (Å²) in [5.41, 5.74) is 2.41. The highest BCUT2D eigenvalue weighted by Crippen LogP contribution is 2.37. The Kier molecular flexibility index (Phi) is 6.26. The third kappa shape index (κ3) is 4.88. The average Bonchev–Trinajstić information content (AvgIpc) is 2.35. The monoisotopic (exact) mass is 313 g/mol. The van der Waals surface area contributed by atoms with Crippen molar-refractivity contribution in [1.29, 1.82) is 0 Å². The van der Waals surface area contributed by atoms with Gasteiger partial charge in [0.1, 0.15) is 0 Å². The molecule has 0 aliphatic carbocycles. The predicted octanol–water partition coefficient (Wildman–Crippen LogP) is 4.62. The number of halogens is 1. The molecule has 0 amide bonds. The van der Waals surface area contributed by atoms with Crippen LogP contribution < -0.4 is 5.32 Å². The van der Waals surface area contributed by atoms with Gasteiger partial charge < -0.3 is 9.74 Å². The van der Waals surface area contributed by atoms with Crippen LogP contribution in [-0.4, -0.2) is 21.9 Å². The quantitative estimate of drug-likeness (QED) is 0.773. The smallest absolute Gasteiger partial charge is 0.192 e. The van der Waals surface area contributed by atoms with Crippen molar-refractivity contribution in [2.24, 2.45) is 0 Å². The number of hydrogen-bond donors (Lipinski definition) is 1. The number of hydrogen-bond acceptors (Lipinski definition) is 2. The summed E-state index contributed by atoms with van der Waals surface area (Å²) < 4.78 is 6.26. The van der Waals surface area contributed by atoms with Crippen molar-refractivity contribution in [2.75, 3.05) is 13.6 Å². The van der Waals surface area contributed by atoms with Crippen molar-refractivity contribution in [3.8, 4) is 0 Å². The van der Waals surface area contributed by atoms with E-state index in [1.807, 2.05) is 13.1 Å². The molecule has 114 valence electrons. The molecule has 20 heavy (non-hydrogen) atoms. The second-order valence-electron chi connectivity index (χ2n) is 6.83. The molecule has 0 saturated heterocycles. The van der Waals surface area contributed by atoms with Gasteiger partial charge in [-0.2, -0.15) is 0 Å². The van der Waals surface area contributed by atoms with E-state index < -0.39 is 8.32 Å². The topological polar surface area (TPSA) is 21.3 Å². The van der Waals surface area contributed by atoms with Crippen molar-refractivity contribution < 1.29 is 4.43 Å². The van der Waals surface area contributed by atoms with E-state index >= 15 is 0 Å². The molecule has 1 aromatic rings. The SMILES string of the molecule is CNCCc1ccc(Cl)c(CO[Si](C)(C)C(C)(C)C)c1. The Labute approximate surface area is 130 Å². The van der Waals surface area contributed by atoms with Crippen molar-refractivity contribution in [3.05, 3.63) is 34.3 Å². The Balaban J connectivity index is 2.77. The molecule has 0 bridgehead atoms. The molecule has 0 radical (unpaired) electrons. The molecule has 1 aromatic carbocycles. The van der Waals surface area contributed by atoms with Gasteiger partial charge in [0.15, 0.2) is 8.32 Å². The predicted molar refractivity (Wildman–Crippen MR) is 91.1 cm³/mol. The van der Waals surface area contributed by atoms with Gasteiger partial charge in [0, 0.05) is 5.02 Å². The van der Waals surface area contributed by atoms with Gasteiger partial charge in [-0.25, -0.2) is 0 Å². The van der Waals surface area contributed by atoms with Crippen molar-refractivity contribution in [3.63, 3.8) is 0 Å². The van der Waals surface area contributed by atoms with E-state index in [1.54, 1.807) is 0 Å². The van der Waals surface area contributed by atoms with Crippen LogP contribution in [0.2, 0.25) is 23.2 Å². The maximum absolute atomic E-state index is 6.29. The Morgan fingerprint density at radius 3 is 2.45 bits per heavy atom. The molecule has 2 nitrogen and oxygen atoms in total. The minimum Gasteiger partial charge on any atom is -0.413 e. The largest absolute Gasteiger partial charge is 0.413 e. The fraction of sp³-hybridized carbons (Fsp3) is 0.625. The molecule has 0 aromatic heterocycles. The Morgan fingerprint density at radius 1 is 1.25 bits per heavy atom. The van der Waals surface area contributed by atoms with Gasteiger partial charge in [0.05, 0.1) is 6.61 Å². The first-order chi connectivity index (χ1) is 9.17. The van der Waals surface area contributed by atoms with E-state index in [9.17, 15) is 0 Å². The van der Waals surface area contributed by atoms with Crippen molar-refractivity contribution in [2.45, 2.75) is 51.9 Å². The van der Waals surface area contributed by atoms with Crippen LogP contribution in [0.3, 0.4) is 0 Å². The van der Waals surface area contributed by atoms with Crippen LogP contribution in [0.5, 0.6) is 0 Å². The zero-order valence-corrected chi connectivity index (χ0v) is 15.4. The lowest BCUT2D eigenvalue weighted by atomic mass is 10.1.